The quantitative estimate of drug-likeness (QED) is 0.306. The average Bonchev–Trinajstić information content (AvgIpc) is 2.27. The van der Waals surface area contributed by atoms with Crippen LogP contribution in [0.15, 0.2) is 48.6 Å². The number of ether oxygens (including phenoxy) is 1. The molecule has 0 aliphatic rings. The first-order chi connectivity index (χ1) is 8.35. The molecule has 0 spiro atoms. The summed E-state index contributed by atoms with van der Waals surface area (Å²) in [5.74, 6) is -0.329. The molecule has 0 N–H and O–H groups in total. The van der Waals surface area contributed by atoms with E-state index in [0.29, 0.717) is 11.0 Å². The first-order valence-corrected chi connectivity index (χ1v) is 6.29. The van der Waals surface area contributed by atoms with Crippen LogP contribution in [-0.2, 0) is 19.6 Å². The standard InChI is InChI=1S/C8H8O3S.C4H6O2.Na/c9-12(10,11)7-6-8-4-2-1-3-5-8;1-3-6-4(2)5;/h1-7H,(H,9,10,11);3H,1H2,2H3;/q;;+1/p-1. The Morgan fingerprint density at radius 3 is 2.16 bits per heavy atom. The van der Waals surface area contributed by atoms with Crippen molar-refractivity contribution in [1.29, 1.82) is 0 Å². The molecule has 0 radical (unpaired) electrons. The summed E-state index contributed by atoms with van der Waals surface area (Å²) in [5, 5.41) is 0.641. The minimum Gasteiger partial charge on any atom is -0.744 e. The number of hydrogen-bond acceptors (Lipinski definition) is 5. The number of benzene rings is 1. The van der Waals surface area contributed by atoms with Gasteiger partial charge in [-0.2, -0.15) is 0 Å². The molecule has 1 aromatic carbocycles. The smallest absolute Gasteiger partial charge is 0.744 e. The molecule has 0 aromatic heterocycles. The van der Waals surface area contributed by atoms with Gasteiger partial charge in [-0.05, 0) is 11.6 Å². The fourth-order valence-corrected chi connectivity index (χ4v) is 1.17. The van der Waals surface area contributed by atoms with E-state index in [1.165, 1.54) is 13.0 Å². The van der Waals surface area contributed by atoms with Crippen LogP contribution in [-0.4, -0.2) is 18.9 Å². The summed E-state index contributed by atoms with van der Waals surface area (Å²) in [6.45, 7) is 4.48. The number of rotatable bonds is 3. The molecule has 0 bridgehead atoms. The van der Waals surface area contributed by atoms with Crippen LogP contribution in [0.1, 0.15) is 12.5 Å². The minimum atomic E-state index is -4.25. The first kappa shape index (κ1) is 20.4. The predicted octanol–water partition coefficient (Wildman–Crippen LogP) is -1.10. The van der Waals surface area contributed by atoms with Crippen molar-refractivity contribution in [2.24, 2.45) is 0 Å². The van der Waals surface area contributed by atoms with Gasteiger partial charge in [0.05, 0.1) is 6.26 Å². The molecule has 0 aliphatic heterocycles. The van der Waals surface area contributed by atoms with E-state index in [-0.39, 0.29) is 35.5 Å². The summed E-state index contributed by atoms with van der Waals surface area (Å²) in [6, 6.07) is 8.75. The average molecular weight is 292 g/mol. The molecule has 7 heteroatoms. The van der Waals surface area contributed by atoms with E-state index >= 15 is 0 Å². The maximum absolute atomic E-state index is 10.2. The predicted molar refractivity (Wildman–Crippen MR) is 67.1 cm³/mol. The molecule has 1 aromatic rings. The van der Waals surface area contributed by atoms with Crippen molar-refractivity contribution in [2.75, 3.05) is 0 Å². The third-order valence-corrected chi connectivity index (χ3v) is 1.95. The molecule has 98 valence electrons. The fraction of sp³-hybridized carbons (Fsp3) is 0.0833. The van der Waals surface area contributed by atoms with E-state index in [4.69, 9.17) is 0 Å². The number of carbonyl (C=O) groups excluding carboxylic acids is 1. The Morgan fingerprint density at radius 1 is 1.32 bits per heavy atom. The van der Waals surface area contributed by atoms with Gasteiger partial charge in [-0.1, -0.05) is 36.9 Å². The van der Waals surface area contributed by atoms with Crippen LogP contribution in [0, 0.1) is 0 Å². The van der Waals surface area contributed by atoms with Gasteiger partial charge < -0.3 is 9.29 Å². The molecule has 0 saturated heterocycles. The monoisotopic (exact) mass is 292 g/mol. The second-order valence-electron chi connectivity index (χ2n) is 2.98. The Morgan fingerprint density at radius 2 is 1.84 bits per heavy atom. The van der Waals surface area contributed by atoms with Gasteiger partial charge in [-0.3, -0.25) is 4.79 Å². The normalized spacial score (nSPS) is 9.79. The molecule has 0 unspecified atom stereocenters. The van der Waals surface area contributed by atoms with Crippen LogP contribution >= 0.6 is 0 Å². The van der Waals surface area contributed by atoms with Gasteiger partial charge in [0.15, 0.2) is 0 Å². The third-order valence-electron chi connectivity index (χ3n) is 1.48. The van der Waals surface area contributed by atoms with Crippen LogP contribution in [0.4, 0.5) is 0 Å². The molecule has 19 heavy (non-hydrogen) atoms. The van der Waals surface area contributed by atoms with Crippen molar-refractivity contribution < 1.29 is 52.1 Å². The zero-order valence-electron chi connectivity index (χ0n) is 10.8. The largest absolute Gasteiger partial charge is 1.00 e. The second kappa shape index (κ2) is 11.0. The maximum atomic E-state index is 10.2. The van der Waals surface area contributed by atoms with Gasteiger partial charge >= 0.3 is 35.5 Å². The van der Waals surface area contributed by atoms with Crippen molar-refractivity contribution in [1.82, 2.24) is 0 Å². The van der Waals surface area contributed by atoms with Crippen molar-refractivity contribution in [3.8, 4) is 0 Å². The summed E-state index contributed by atoms with van der Waals surface area (Å²) in [6.07, 6.45) is 2.37. The van der Waals surface area contributed by atoms with Crippen LogP contribution < -0.4 is 29.6 Å². The van der Waals surface area contributed by atoms with Crippen LogP contribution in [0.2, 0.25) is 0 Å². The van der Waals surface area contributed by atoms with E-state index in [9.17, 15) is 17.8 Å². The minimum absolute atomic E-state index is 0. The van der Waals surface area contributed by atoms with Gasteiger partial charge in [0.25, 0.3) is 0 Å². The summed E-state index contributed by atoms with van der Waals surface area (Å²) in [4.78, 5) is 9.75. The summed E-state index contributed by atoms with van der Waals surface area (Å²) >= 11 is 0. The number of esters is 1. The first-order valence-electron chi connectivity index (χ1n) is 4.82. The Balaban J connectivity index is 0. The Hall–Kier alpha value is -0.920. The zero-order valence-corrected chi connectivity index (χ0v) is 13.6. The van der Waals surface area contributed by atoms with Crippen LogP contribution in [0.25, 0.3) is 6.08 Å². The van der Waals surface area contributed by atoms with Gasteiger partial charge in [0, 0.05) is 12.3 Å². The summed E-state index contributed by atoms with van der Waals surface area (Å²) in [7, 11) is -4.25. The van der Waals surface area contributed by atoms with Gasteiger partial charge in [-0.15, -0.1) is 0 Å². The molecular formula is C12H13NaO5S. The molecule has 0 amide bonds. The van der Waals surface area contributed by atoms with E-state index < -0.39 is 10.1 Å². The molecule has 0 fully saturated rings. The third kappa shape index (κ3) is 15.0. The number of carbonyl (C=O) groups is 1. The summed E-state index contributed by atoms with van der Waals surface area (Å²) < 4.78 is 34.7. The van der Waals surface area contributed by atoms with Gasteiger partial charge in [0.2, 0.25) is 0 Å². The summed E-state index contributed by atoms with van der Waals surface area (Å²) in [5.41, 5.74) is 0.692. The van der Waals surface area contributed by atoms with Crippen LogP contribution in [0.5, 0.6) is 0 Å². The Kier molecular flexibility index (Phi) is 11.8. The molecular weight excluding hydrogens is 279 g/mol. The van der Waals surface area contributed by atoms with Crippen molar-refractivity contribution in [3.05, 3.63) is 54.1 Å². The second-order valence-corrected chi connectivity index (χ2v) is 4.24. The topological polar surface area (TPSA) is 83.5 Å². The Bertz CT molecular complexity index is 508. The maximum Gasteiger partial charge on any atom is 1.00 e. The SMILES string of the molecule is C=COC(C)=O.O=S(=O)([O-])C=Cc1ccccc1.[Na+]. The molecule has 0 atom stereocenters. The van der Waals surface area contributed by atoms with Gasteiger partial charge in [-0.25, -0.2) is 8.42 Å². The fourth-order valence-electron chi connectivity index (χ4n) is 0.843. The molecule has 0 saturated carbocycles. The van der Waals surface area contributed by atoms with Crippen molar-refractivity contribution in [2.45, 2.75) is 6.92 Å². The van der Waals surface area contributed by atoms with Crippen LogP contribution in [0.3, 0.4) is 0 Å². The van der Waals surface area contributed by atoms with Gasteiger partial charge in [0.1, 0.15) is 10.1 Å². The zero-order chi connectivity index (χ0) is 14.0. The van der Waals surface area contributed by atoms with E-state index in [0.717, 1.165) is 6.26 Å². The molecule has 0 heterocycles. The molecule has 1 rings (SSSR count). The van der Waals surface area contributed by atoms with Crippen molar-refractivity contribution in [3.63, 3.8) is 0 Å². The van der Waals surface area contributed by atoms with E-state index in [1.54, 1.807) is 24.3 Å². The van der Waals surface area contributed by atoms with E-state index in [2.05, 4.69) is 11.3 Å². The molecule has 5 nitrogen and oxygen atoms in total. The number of hydrogen-bond donors (Lipinski definition) is 0. The van der Waals surface area contributed by atoms with Crippen molar-refractivity contribution >= 4 is 22.2 Å². The van der Waals surface area contributed by atoms with E-state index in [1.807, 2.05) is 6.07 Å². The Labute approximate surface area is 135 Å². The molecule has 0 aliphatic carbocycles.